The first-order valence-corrected chi connectivity index (χ1v) is 15.9. The number of hydrogen-bond donors (Lipinski definition) is 1. The molecule has 0 radical (unpaired) electrons. The van der Waals surface area contributed by atoms with Crippen LogP contribution in [0.3, 0.4) is 0 Å². The van der Waals surface area contributed by atoms with Gasteiger partial charge in [-0.25, -0.2) is 15.0 Å². The summed E-state index contributed by atoms with van der Waals surface area (Å²) in [5, 5.41) is 12.7. The summed E-state index contributed by atoms with van der Waals surface area (Å²) in [6, 6.07) is 8.61. The number of aromatic nitrogens is 7. The van der Waals surface area contributed by atoms with Crippen LogP contribution in [0.4, 0.5) is 5.82 Å². The number of likely N-dealkylation sites (tertiary alicyclic amines) is 1. The van der Waals surface area contributed by atoms with E-state index < -0.39 is 6.04 Å². The summed E-state index contributed by atoms with van der Waals surface area (Å²) in [7, 11) is 0. The van der Waals surface area contributed by atoms with E-state index in [9.17, 15) is 14.4 Å². The van der Waals surface area contributed by atoms with Crippen LogP contribution in [0.25, 0.3) is 22.0 Å². The third kappa shape index (κ3) is 5.27. The summed E-state index contributed by atoms with van der Waals surface area (Å²) in [6.07, 6.45) is 8.40. The Morgan fingerprint density at radius 1 is 1.04 bits per heavy atom. The molecule has 5 aromatic rings. The van der Waals surface area contributed by atoms with Crippen molar-refractivity contribution in [3.8, 4) is 11.1 Å². The van der Waals surface area contributed by atoms with Crippen molar-refractivity contribution in [3.05, 3.63) is 82.4 Å². The molecule has 5 heterocycles. The van der Waals surface area contributed by atoms with E-state index in [1.807, 2.05) is 62.0 Å². The Hall–Kier alpha value is -4.78. The van der Waals surface area contributed by atoms with Gasteiger partial charge in [0, 0.05) is 60.7 Å². The molecule has 13 heteroatoms. The van der Waals surface area contributed by atoms with E-state index in [1.165, 1.54) is 6.92 Å². The Balaban J connectivity index is 1.22. The third-order valence-corrected chi connectivity index (χ3v) is 9.56. The molecule has 1 unspecified atom stereocenters. The fourth-order valence-corrected chi connectivity index (χ4v) is 7.12. The average Bonchev–Trinajstić information content (AvgIpc) is 3.35. The predicted molar refractivity (Wildman–Crippen MR) is 174 cm³/mol. The maximum absolute atomic E-state index is 14.3. The Labute approximate surface area is 273 Å². The second kappa shape index (κ2) is 11.2. The molecule has 7 rings (SSSR count). The van der Waals surface area contributed by atoms with Gasteiger partial charge in [0.1, 0.15) is 34.5 Å². The lowest BCUT2D eigenvalue weighted by molar-refractivity contribution is -0.138. The van der Waals surface area contributed by atoms with Crippen molar-refractivity contribution in [1.29, 1.82) is 0 Å². The fourth-order valence-electron chi connectivity index (χ4n) is 6.81. The minimum absolute atomic E-state index is 0.121. The highest BCUT2D eigenvalue weighted by molar-refractivity contribution is 9.10. The van der Waals surface area contributed by atoms with Crippen molar-refractivity contribution in [2.24, 2.45) is 5.41 Å². The summed E-state index contributed by atoms with van der Waals surface area (Å²) in [4.78, 5) is 55.7. The molecule has 1 N–H and O–H groups in total. The van der Waals surface area contributed by atoms with Crippen LogP contribution in [0.2, 0.25) is 0 Å². The molecule has 1 aliphatic heterocycles. The van der Waals surface area contributed by atoms with Gasteiger partial charge >= 0.3 is 0 Å². The van der Waals surface area contributed by atoms with Crippen molar-refractivity contribution in [2.75, 3.05) is 5.32 Å². The van der Waals surface area contributed by atoms with Crippen molar-refractivity contribution >= 4 is 50.2 Å². The number of anilines is 1. The molecule has 2 aliphatic rings. The zero-order chi connectivity index (χ0) is 32.3. The van der Waals surface area contributed by atoms with Crippen LogP contribution in [-0.4, -0.2) is 69.1 Å². The molecular weight excluding hydrogens is 650 g/mol. The van der Waals surface area contributed by atoms with Gasteiger partial charge in [-0.1, -0.05) is 6.07 Å². The zero-order valence-corrected chi connectivity index (χ0v) is 27.4. The Kier molecular flexibility index (Phi) is 7.30. The molecule has 3 atom stereocenters. The molecule has 1 saturated heterocycles. The Morgan fingerprint density at radius 3 is 2.54 bits per heavy atom. The van der Waals surface area contributed by atoms with E-state index in [-0.39, 0.29) is 41.3 Å². The fraction of sp³-hybridized carbons (Fsp3) is 0.333. The molecule has 0 bridgehead atoms. The number of Topliss-reactive ketones (excluding diaryl/α,β-unsaturated/α-hetero) is 1. The molecule has 2 fully saturated rings. The lowest BCUT2D eigenvalue weighted by Gasteiger charge is -2.27. The smallest absolute Gasteiger partial charge is 0.248 e. The standard InChI is InChI=1S/C33H32BrN9O3/c1-18-6-7-27(34)38-31(18)39-32(46)25-12-33(17-41-9-5-8-37-41)13-26(33)43(25)28(45)16-42-30-19(2)10-22(23-14-35-21(4)36-15-23)11-24(30)29(40-42)20(3)44/h5-11,14-15,25-26H,12-13,16-17H2,1-4H3,(H,38,39,46)/t25-,26?,33-/m0/s1. The van der Waals surface area contributed by atoms with Gasteiger partial charge in [0.15, 0.2) is 5.78 Å². The van der Waals surface area contributed by atoms with Gasteiger partial charge in [0.2, 0.25) is 11.8 Å². The maximum Gasteiger partial charge on any atom is 0.248 e. The number of amides is 2. The van der Waals surface area contributed by atoms with Crippen molar-refractivity contribution in [3.63, 3.8) is 0 Å². The molecule has 234 valence electrons. The van der Waals surface area contributed by atoms with Crippen molar-refractivity contribution < 1.29 is 14.4 Å². The highest BCUT2D eigenvalue weighted by Crippen LogP contribution is 2.60. The molecule has 4 aromatic heterocycles. The molecule has 2 amide bonds. The zero-order valence-electron chi connectivity index (χ0n) is 25.9. The van der Waals surface area contributed by atoms with Gasteiger partial charge in [-0.2, -0.15) is 10.2 Å². The quantitative estimate of drug-likeness (QED) is 0.184. The van der Waals surface area contributed by atoms with E-state index in [2.05, 4.69) is 46.4 Å². The van der Waals surface area contributed by atoms with Crippen LogP contribution in [0.5, 0.6) is 0 Å². The van der Waals surface area contributed by atoms with Gasteiger partial charge in [-0.15, -0.1) is 0 Å². The van der Waals surface area contributed by atoms with Crippen LogP contribution >= 0.6 is 15.9 Å². The molecular formula is C33H32BrN9O3. The first-order chi connectivity index (χ1) is 22.0. The first-order valence-electron chi connectivity index (χ1n) is 15.1. The second-order valence-corrected chi connectivity index (χ2v) is 13.2. The highest BCUT2D eigenvalue weighted by Gasteiger charge is 2.67. The number of piperidine rings is 1. The van der Waals surface area contributed by atoms with Gasteiger partial charge in [0.25, 0.3) is 0 Å². The van der Waals surface area contributed by atoms with E-state index in [1.54, 1.807) is 28.2 Å². The van der Waals surface area contributed by atoms with Crippen LogP contribution < -0.4 is 5.32 Å². The van der Waals surface area contributed by atoms with Crippen LogP contribution in [0.1, 0.15) is 47.2 Å². The van der Waals surface area contributed by atoms with E-state index in [0.717, 1.165) is 28.7 Å². The second-order valence-electron chi connectivity index (χ2n) is 12.4. The number of ketones is 1. The highest BCUT2D eigenvalue weighted by atomic mass is 79.9. The van der Waals surface area contributed by atoms with Gasteiger partial charge < -0.3 is 10.2 Å². The summed E-state index contributed by atoms with van der Waals surface area (Å²) >= 11 is 3.38. The maximum atomic E-state index is 14.3. The first kappa shape index (κ1) is 29.9. The van der Waals surface area contributed by atoms with E-state index in [0.29, 0.717) is 40.1 Å². The molecule has 1 aromatic carbocycles. The lowest BCUT2D eigenvalue weighted by atomic mass is 9.99. The summed E-state index contributed by atoms with van der Waals surface area (Å²) in [6.45, 7) is 7.59. The van der Waals surface area contributed by atoms with Crippen molar-refractivity contribution in [2.45, 2.75) is 65.7 Å². The molecule has 0 spiro atoms. The van der Waals surface area contributed by atoms with Gasteiger partial charge in [-0.05, 0) is 90.5 Å². The van der Waals surface area contributed by atoms with E-state index >= 15 is 0 Å². The van der Waals surface area contributed by atoms with Crippen LogP contribution in [0, 0.1) is 26.2 Å². The number of halogens is 1. The number of hydrogen-bond acceptors (Lipinski definition) is 8. The monoisotopic (exact) mass is 681 g/mol. The summed E-state index contributed by atoms with van der Waals surface area (Å²) in [5.41, 5.74) is 4.06. The number of carbonyl (C=O) groups is 3. The SMILES string of the molecule is CC(=O)c1nn(CC(=O)N2C3C[C@]3(Cn3cccn3)C[C@H]2C(=O)Nc2nc(Br)ccc2C)c2c(C)cc(-c3cnc(C)nc3)cc12. The lowest BCUT2D eigenvalue weighted by Crippen LogP contribution is -2.47. The number of fused-ring (bicyclic) bond motifs is 2. The number of benzene rings is 1. The third-order valence-electron chi connectivity index (χ3n) is 9.12. The molecule has 12 nitrogen and oxygen atoms in total. The van der Waals surface area contributed by atoms with Gasteiger partial charge in [0.05, 0.1) is 5.52 Å². The number of rotatable bonds is 8. The molecule has 46 heavy (non-hydrogen) atoms. The largest absolute Gasteiger partial charge is 0.325 e. The van der Waals surface area contributed by atoms with Crippen molar-refractivity contribution in [1.82, 2.24) is 39.4 Å². The average molecular weight is 683 g/mol. The summed E-state index contributed by atoms with van der Waals surface area (Å²) in [5.74, 6) is 0.383. The summed E-state index contributed by atoms with van der Waals surface area (Å²) < 4.78 is 4.07. The number of nitrogens with zero attached hydrogens (tertiary/aromatic N) is 8. The molecule has 1 aliphatic carbocycles. The number of nitrogens with one attached hydrogen (secondary N) is 1. The minimum atomic E-state index is -0.703. The minimum Gasteiger partial charge on any atom is -0.325 e. The van der Waals surface area contributed by atoms with E-state index in [4.69, 9.17) is 0 Å². The Bertz CT molecular complexity index is 2020. The number of carbonyl (C=O) groups excluding carboxylic acids is 3. The number of pyridine rings is 1. The Morgan fingerprint density at radius 2 is 1.83 bits per heavy atom. The predicted octanol–water partition coefficient (Wildman–Crippen LogP) is 4.67. The van der Waals surface area contributed by atoms with Crippen LogP contribution in [-0.2, 0) is 22.7 Å². The number of aryl methyl sites for hydroxylation is 3. The molecule has 1 saturated carbocycles. The topological polar surface area (TPSA) is 141 Å². The van der Waals surface area contributed by atoms with Gasteiger partial charge in [-0.3, -0.25) is 23.7 Å². The van der Waals surface area contributed by atoms with Crippen LogP contribution in [0.15, 0.2) is 59.7 Å². The normalized spacial score (nSPS) is 20.2.